The summed E-state index contributed by atoms with van der Waals surface area (Å²) in [4.78, 5) is 4.22. The van der Waals surface area contributed by atoms with Crippen LogP contribution in [0.25, 0.3) is 0 Å². The van der Waals surface area contributed by atoms with Crippen molar-refractivity contribution in [2.45, 2.75) is 25.3 Å². The molecule has 1 fully saturated rings. The van der Waals surface area contributed by atoms with Gasteiger partial charge in [-0.15, -0.1) is 30.6 Å². The molecule has 0 radical (unpaired) electrons. The molecule has 1 rings (SSSR count). The van der Waals surface area contributed by atoms with Gasteiger partial charge in [-0.25, -0.2) is 13.1 Å². The number of guanidine groups is 1. The highest BCUT2D eigenvalue weighted by molar-refractivity contribution is 14.0. The molecule has 1 aliphatic carbocycles. The van der Waals surface area contributed by atoms with Crippen molar-refractivity contribution in [3.8, 4) is 0 Å². The van der Waals surface area contributed by atoms with E-state index >= 15 is 0 Å². The van der Waals surface area contributed by atoms with Gasteiger partial charge in [0, 0.05) is 19.1 Å². The Morgan fingerprint density at radius 2 is 2.21 bits per heavy atom. The van der Waals surface area contributed by atoms with Gasteiger partial charge in [0.15, 0.2) is 5.96 Å². The summed E-state index contributed by atoms with van der Waals surface area (Å²) in [5.41, 5.74) is 5.66. The van der Waals surface area contributed by atoms with Crippen molar-refractivity contribution in [1.82, 2.24) is 10.0 Å². The Kier molecular flexibility index (Phi) is 8.59. The summed E-state index contributed by atoms with van der Waals surface area (Å²) in [7, 11) is -3.15. The van der Waals surface area contributed by atoms with Crippen molar-refractivity contribution in [2.75, 3.05) is 19.3 Å². The summed E-state index contributed by atoms with van der Waals surface area (Å²) in [6.45, 7) is 4.69. The van der Waals surface area contributed by atoms with Crippen LogP contribution in [0.4, 0.5) is 0 Å². The Bertz CT molecular complexity index is 411. The molecule has 2 atom stereocenters. The van der Waals surface area contributed by atoms with Crippen molar-refractivity contribution in [3.05, 3.63) is 12.7 Å². The average Bonchev–Trinajstić information content (AvgIpc) is 2.68. The van der Waals surface area contributed by atoms with E-state index in [2.05, 4.69) is 21.6 Å². The third-order valence-electron chi connectivity index (χ3n) is 2.95. The summed E-state index contributed by atoms with van der Waals surface area (Å²) in [5, 5.41) is 2.89. The van der Waals surface area contributed by atoms with Crippen LogP contribution in [0.2, 0.25) is 0 Å². The second-order valence-corrected chi connectivity index (χ2v) is 6.36. The standard InChI is InChI=1S/C11H22N4O2S.HI/c1-3-7-13-11(12)14-8-9-5-4-6-10(9)15-18(2,16)17;/h3,9-10,15H,1,4-8H2,2H3,(H3,12,13,14);1H. The topological polar surface area (TPSA) is 96.6 Å². The van der Waals surface area contributed by atoms with Crippen LogP contribution in [0.15, 0.2) is 17.6 Å². The second kappa shape index (κ2) is 8.75. The van der Waals surface area contributed by atoms with E-state index in [0.717, 1.165) is 19.3 Å². The number of hydrogen-bond donors (Lipinski definition) is 3. The monoisotopic (exact) mass is 402 g/mol. The minimum atomic E-state index is -3.15. The Labute approximate surface area is 132 Å². The number of nitrogens with two attached hydrogens (primary N) is 1. The maximum absolute atomic E-state index is 11.2. The predicted molar refractivity (Wildman–Crippen MR) is 89.2 cm³/mol. The predicted octanol–water partition coefficient (Wildman–Crippen LogP) is 0.413. The third kappa shape index (κ3) is 7.73. The summed E-state index contributed by atoms with van der Waals surface area (Å²) >= 11 is 0. The van der Waals surface area contributed by atoms with Crippen molar-refractivity contribution in [2.24, 2.45) is 16.6 Å². The summed E-state index contributed by atoms with van der Waals surface area (Å²) in [5.74, 6) is 0.601. The number of rotatable bonds is 6. The van der Waals surface area contributed by atoms with Crippen molar-refractivity contribution < 1.29 is 8.42 Å². The molecule has 0 bridgehead atoms. The Morgan fingerprint density at radius 1 is 1.53 bits per heavy atom. The van der Waals surface area contributed by atoms with Crippen LogP contribution in [0.5, 0.6) is 0 Å². The van der Waals surface area contributed by atoms with Crippen molar-refractivity contribution in [1.29, 1.82) is 0 Å². The van der Waals surface area contributed by atoms with E-state index in [1.54, 1.807) is 6.08 Å². The molecule has 0 aromatic rings. The van der Waals surface area contributed by atoms with Crippen molar-refractivity contribution in [3.63, 3.8) is 0 Å². The molecule has 0 spiro atoms. The molecular weight excluding hydrogens is 379 g/mol. The molecule has 1 aliphatic rings. The second-order valence-electron chi connectivity index (χ2n) is 4.58. The first-order valence-electron chi connectivity index (χ1n) is 6.04. The third-order valence-corrected chi connectivity index (χ3v) is 3.68. The molecule has 0 aromatic carbocycles. The number of nitrogens with one attached hydrogen (secondary N) is 2. The molecule has 0 amide bonds. The highest BCUT2D eigenvalue weighted by atomic mass is 127. The highest BCUT2D eigenvalue weighted by Gasteiger charge is 2.29. The first-order chi connectivity index (χ1) is 8.42. The molecule has 2 unspecified atom stereocenters. The van der Waals surface area contributed by atoms with Crippen LogP contribution in [-0.4, -0.2) is 39.8 Å². The summed E-state index contributed by atoms with van der Waals surface area (Å²) in [6, 6.07) is -0.0176. The minimum absolute atomic E-state index is 0. The smallest absolute Gasteiger partial charge is 0.208 e. The fourth-order valence-electron chi connectivity index (χ4n) is 2.13. The van der Waals surface area contributed by atoms with Gasteiger partial charge in [0.25, 0.3) is 0 Å². The van der Waals surface area contributed by atoms with Gasteiger partial charge in [-0.3, -0.25) is 4.99 Å². The fourth-order valence-corrected chi connectivity index (χ4v) is 2.99. The molecule has 4 N–H and O–H groups in total. The van der Waals surface area contributed by atoms with Crippen LogP contribution in [0.1, 0.15) is 19.3 Å². The van der Waals surface area contributed by atoms with Crippen LogP contribution in [0.3, 0.4) is 0 Å². The first kappa shape index (κ1) is 18.7. The van der Waals surface area contributed by atoms with E-state index < -0.39 is 10.0 Å². The quantitative estimate of drug-likeness (QED) is 0.260. The molecule has 0 heterocycles. The maximum atomic E-state index is 11.2. The molecular formula is C11H23IN4O2S. The number of halogens is 1. The fraction of sp³-hybridized carbons (Fsp3) is 0.727. The zero-order valence-electron chi connectivity index (χ0n) is 11.1. The normalized spacial score (nSPS) is 23.7. The lowest BCUT2D eigenvalue weighted by atomic mass is 10.1. The van der Waals surface area contributed by atoms with Crippen LogP contribution >= 0.6 is 24.0 Å². The molecule has 19 heavy (non-hydrogen) atoms. The van der Waals surface area contributed by atoms with Crippen molar-refractivity contribution >= 4 is 40.0 Å². The van der Waals surface area contributed by atoms with E-state index in [0.29, 0.717) is 19.0 Å². The molecule has 112 valence electrons. The maximum Gasteiger partial charge on any atom is 0.208 e. The average molecular weight is 402 g/mol. The number of nitrogens with zero attached hydrogens (tertiary/aromatic N) is 1. The lowest BCUT2D eigenvalue weighted by Crippen LogP contribution is -2.38. The molecule has 0 saturated heterocycles. The van der Waals surface area contributed by atoms with Gasteiger partial charge in [-0.1, -0.05) is 12.5 Å². The summed E-state index contributed by atoms with van der Waals surface area (Å²) in [6.07, 6.45) is 5.75. The number of hydrogen-bond acceptors (Lipinski definition) is 3. The Balaban J connectivity index is 0.00000324. The lowest BCUT2D eigenvalue weighted by molar-refractivity contribution is 0.454. The Hall–Kier alpha value is -0.350. The van der Waals surface area contributed by atoms with E-state index in [4.69, 9.17) is 5.73 Å². The molecule has 0 aromatic heterocycles. The molecule has 1 saturated carbocycles. The lowest BCUT2D eigenvalue weighted by Gasteiger charge is -2.18. The minimum Gasteiger partial charge on any atom is -0.370 e. The highest BCUT2D eigenvalue weighted by Crippen LogP contribution is 2.26. The zero-order chi connectivity index (χ0) is 13.6. The van der Waals surface area contributed by atoms with E-state index in [9.17, 15) is 8.42 Å². The van der Waals surface area contributed by atoms with Gasteiger partial charge in [0.2, 0.25) is 10.0 Å². The van der Waals surface area contributed by atoms with E-state index in [1.807, 2.05) is 0 Å². The number of aliphatic imine (C=N–C) groups is 1. The van der Waals surface area contributed by atoms with E-state index in [-0.39, 0.29) is 35.9 Å². The van der Waals surface area contributed by atoms with Gasteiger partial charge < -0.3 is 11.1 Å². The zero-order valence-corrected chi connectivity index (χ0v) is 14.3. The molecule has 8 heteroatoms. The van der Waals surface area contributed by atoms with E-state index in [1.165, 1.54) is 6.26 Å². The van der Waals surface area contributed by atoms with Gasteiger partial charge >= 0.3 is 0 Å². The van der Waals surface area contributed by atoms with Gasteiger partial charge in [-0.05, 0) is 18.8 Å². The summed E-state index contributed by atoms with van der Waals surface area (Å²) < 4.78 is 25.1. The SMILES string of the molecule is C=CCNC(N)=NCC1CCCC1NS(C)(=O)=O.I. The first-order valence-corrected chi connectivity index (χ1v) is 7.93. The van der Waals surface area contributed by atoms with Crippen LogP contribution < -0.4 is 15.8 Å². The molecule has 6 nitrogen and oxygen atoms in total. The number of sulfonamides is 1. The van der Waals surface area contributed by atoms with Crippen LogP contribution in [0, 0.1) is 5.92 Å². The Morgan fingerprint density at radius 3 is 2.79 bits per heavy atom. The molecule has 0 aliphatic heterocycles. The van der Waals surface area contributed by atoms with Gasteiger partial charge in [-0.2, -0.15) is 0 Å². The van der Waals surface area contributed by atoms with Gasteiger partial charge in [0.1, 0.15) is 0 Å². The largest absolute Gasteiger partial charge is 0.370 e. The van der Waals surface area contributed by atoms with Crippen LogP contribution in [-0.2, 0) is 10.0 Å². The van der Waals surface area contributed by atoms with Gasteiger partial charge in [0.05, 0.1) is 6.26 Å².